The van der Waals surface area contributed by atoms with Gasteiger partial charge in [0.1, 0.15) is 17.8 Å². The zero-order valence-electron chi connectivity index (χ0n) is 16.5. The van der Waals surface area contributed by atoms with E-state index in [0.29, 0.717) is 36.6 Å². The lowest BCUT2D eigenvalue weighted by Gasteiger charge is -2.33. The molecule has 1 aliphatic rings. The number of amides is 1. The molecule has 4 rings (SSSR count). The molecule has 4 heterocycles. The van der Waals surface area contributed by atoms with Crippen molar-refractivity contribution < 1.29 is 4.79 Å². The number of aromatic nitrogens is 5. The van der Waals surface area contributed by atoms with E-state index in [0.717, 1.165) is 12.8 Å². The number of carbonyl (C=O) groups excluding carboxylic acids is 1. The van der Waals surface area contributed by atoms with Crippen LogP contribution in [0, 0.1) is 0 Å². The lowest BCUT2D eigenvalue weighted by molar-refractivity contribution is 0.0874. The Balaban J connectivity index is 1.83. The van der Waals surface area contributed by atoms with E-state index in [4.69, 9.17) is 16.6 Å². The van der Waals surface area contributed by atoms with Crippen LogP contribution in [-0.4, -0.2) is 30.4 Å². The van der Waals surface area contributed by atoms with Gasteiger partial charge in [-0.05, 0) is 43.9 Å². The first-order valence-corrected chi connectivity index (χ1v) is 10.2. The van der Waals surface area contributed by atoms with Gasteiger partial charge >= 0.3 is 0 Å². The SMILES string of the molecule is CCC1(NC(=O)c2ncccc2Cl)CCCCn2c1nc(-c1ccncn1)cc2=O. The fourth-order valence-corrected chi connectivity index (χ4v) is 4.05. The summed E-state index contributed by atoms with van der Waals surface area (Å²) >= 11 is 6.18. The summed E-state index contributed by atoms with van der Waals surface area (Å²) in [4.78, 5) is 43.1. The molecule has 1 unspecified atom stereocenters. The van der Waals surface area contributed by atoms with E-state index in [-0.39, 0.29) is 16.3 Å². The number of hydrogen-bond acceptors (Lipinski definition) is 6. The summed E-state index contributed by atoms with van der Waals surface area (Å²) < 4.78 is 1.65. The summed E-state index contributed by atoms with van der Waals surface area (Å²) in [5.74, 6) is 0.140. The Hall–Kier alpha value is -3.13. The topological polar surface area (TPSA) is 103 Å². The molecule has 3 aromatic heterocycles. The largest absolute Gasteiger partial charge is 0.338 e. The average molecular weight is 425 g/mol. The number of fused-ring (bicyclic) bond motifs is 1. The van der Waals surface area contributed by atoms with E-state index in [1.54, 1.807) is 29.0 Å². The second kappa shape index (κ2) is 8.31. The van der Waals surface area contributed by atoms with Crippen LogP contribution in [-0.2, 0) is 12.1 Å². The van der Waals surface area contributed by atoms with E-state index in [1.807, 2.05) is 6.92 Å². The molecule has 0 spiro atoms. The van der Waals surface area contributed by atoms with Gasteiger partial charge in [-0.3, -0.25) is 14.2 Å². The van der Waals surface area contributed by atoms with Crippen LogP contribution in [0.5, 0.6) is 0 Å². The molecule has 9 heteroatoms. The van der Waals surface area contributed by atoms with Crippen LogP contribution in [0.3, 0.4) is 0 Å². The Morgan fingerprint density at radius 1 is 1.23 bits per heavy atom. The van der Waals surface area contributed by atoms with Gasteiger partial charge in [0.2, 0.25) is 0 Å². The summed E-state index contributed by atoms with van der Waals surface area (Å²) in [5, 5.41) is 3.37. The van der Waals surface area contributed by atoms with Gasteiger partial charge in [0, 0.05) is 25.0 Å². The highest BCUT2D eigenvalue weighted by molar-refractivity contribution is 6.33. The second-order valence-electron chi connectivity index (χ2n) is 7.23. The lowest BCUT2D eigenvalue weighted by atomic mass is 9.88. The van der Waals surface area contributed by atoms with Crippen LogP contribution in [0.1, 0.15) is 48.9 Å². The van der Waals surface area contributed by atoms with Gasteiger partial charge in [-0.25, -0.2) is 19.9 Å². The third-order valence-electron chi connectivity index (χ3n) is 5.45. The summed E-state index contributed by atoms with van der Waals surface area (Å²) in [6.07, 6.45) is 7.42. The van der Waals surface area contributed by atoms with Crippen molar-refractivity contribution in [3.8, 4) is 11.4 Å². The summed E-state index contributed by atoms with van der Waals surface area (Å²) in [6.45, 7) is 2.52. The van der Waals surface area contributed by atoms with Gasteiger partial charge in [0.15, 0.2) is 0 Å². The highest BCUT2D eigenvalue weighted by atomic mass is 35.5. The second-order valence-corrected chi connectivity index (χ2v) is 7.64. The van der Waals surface area contributed by atoms with Gasteiger partial charge in [-0.15, -0.1) is 0 Å². The molecule has 0 aromatic carbocycles. The standard InChI is InChI=1S/C21H21ClN6O2/c1-2-21(27-19(30)18-14(22)6-5-9-24-18)8-3-4-11-28-17(29)12-16(26-20(21)28)15-7-10-23-13-25-15/h5-7,9-10,12-13H,2-4,8,11H2,1H3,(H,27,30). The van der Waals surface area contributed by atoms with Gasteiger partial charge in [-0.2, -0.15) is 0 Å². The molecule has 1 amide bonds. The summed E-state index contributed by atoms with van der Waals surface area (Å²) in [6, 6.07) is 6.48. The number of halogens is 1. The van der Waals surface area contributed by atoms with Gasteiger partial charge in [0.05, 0.1) is 21.9 Å². The van der Waals surface area contributed by atoms with Crippen LogP contribution >= 0.6 is 11.6 Å². The van der Waals surface area contributed by atoms with Crippen molar-refractivity contribution >= 4 is 17.5 Å². The van der Waals surface area contributed by atoms with Crippen molar-refractivity contribution in [3.05, 3.63) is 69.9 Å². The van der Waals surface area contributed by atoms with Crippen molar-refractivity contribution in [2.75, 3.05) is 0 Å². The normalized spacial score (nSPS) is 18.3. The summed E-state index contributed by atoms with van der Waals surface area (Å²) in [7, 11) is 0. The van der Waals surface area contributed by atoms with E-state index >= 15 is 0 Å². The number of carbonyl (C=O) groups is 1. The molecule has 0 bridgehead atoms. The predicted octanol–water partition coefficient (Wildman–Crippen LogP) is 2.97. The molecule has 30 heavy (non-hydrogen) atoms. The minimum Gasteiger partial charge on any atom is -0.338 e. The van der Waals surface area contributed by atoms with E-state index in [1.165, 1.54) is 18.6 Å². The average Bonchev–Trinajstić information content (AvgIpc) is 2.95. The Bertz CT molecular complexity index is 1130. The van der Waals surface area contributed by atoms with Crippen molar-refractivity contribution in [1.29, 1.82) is 0 Å². The highest BCUT2D eigenvalue weighted by Crippen LogP contribution is 2.33. The lowest BCUT2D eigenvalue weighted by Crippen LogP contribution is -2.49. The van der Waals surface area contributed by atoms with Crippen molar-refractivity contribution in [2.24, 2.45) is 0 Å². The Labute approximate surface area is 178 Å². The third kappa shape index (κ3) is 3.70. The van der Waals surface area contributed by atoms with E-state index in [2.05, 4.69) is 20.3 Å². The van der Waals surface area contributed by atoms with Crippen LogP contribution in [0.2, 0.25) is 5.02 Å². The molecule has 0 fully saturated rings. The molecule has 0 radical (unpaired) electrons. The van der Waals surface area contributed by atoms with Crippen molar-refractivity contribution in [3.63, 3.8) is 0 Å². The first-order valence-electron chi connectivity index (χ1n) is 9.86. The molecule has 0 saturated carbocycles. The van der Waals surface area contributed by atoms with Gasteiger partial charge < -0.3 is 5.32 Å². The zero-order valence-corrected chi connectivity index (χ0v) is 17.3. The smallest absolute Gasteiger partial charge is 0.272 e. The van der Waals surface area contributed by atoms with Crippen LogP contribution in [0.15, 0.2) is 47.8 Å². The molecule has 0 aliphatic carbocycles. The fourth-order valence-electron chi connectivity index (χ4n) is 3.84. The molecule has 1 N–H and O–H groups in total. The Morgan fingerprint density at radius 3 is 2.83 bits per heavy atom. The van der Waals surface area contributed by atoms with Gasteiger partial charge in [-0.1, -0.05) is 18.5 Å². The monoisotopic (exact) mass is 424 g/mol. The maximum absolute atomic E-state index is 13.1. The number of hydrogen-bond donors (Lipinski definition) is 1. The molecule has 8 nitrogen and oxygen atoms in total. The highest BCUT2D eigenvalue weighted by Gasteiger charge is 2.39. The Morgan fingerprint density at radius 2 is 2.10 bits per heavy atom. The maximum atomic E-state index is 13.1. The number of rotatable bonds is 4. The first kappa shape index (κ1) is 20.2. The molecule has 1 atom stereocenters. The number of nitrogens with one attached hydrogen (secondary N) is 1. The third-order valence-corrected chi connectivity index (χ3v) is 5.75. The first-order chi connectivity index (χ1) is 14.5. The van der Waals surface area contributed by atoms with E-state index < -0.39 is 11.4 Å². The predicted molar refractivity (Wildman–Crippen MR) is 112 cm³/mol. The molecule has 0 saturated heterocycles. The Kier molecular flexibility index (Phi) is 5.59. The number of nitrogens with zero attached hydrogens (tertiary/aromatic N) is 5. The maximum Gasteiger partial charge on any atom is 0.272 e. The van der Waals surface area contributed by atoms with Crippen molar-refractivity contribution in [2.45, 2.75) is 44.7 Å². The molecule has 3 aromatic rings. The molecule has 154 valence electrons. The summed E-state index contributed by atoms with van der Waals surface area (Å²) in [5.41, 5.74) is 0.171. The number of pyridine rings is 1. The molecule has 1 aliphatic heterocycles. The molecular weight excluding hydrogens is 404 g/mol. The quantitative estimate of drug-likeness (QED) is 0.690. The van der Waals surface area contributed by atoms with Gasteiger partial charge in [0.25, 0.3) is 11.5 Å². The van der Waals surface area contributed by atoms with Crippen LogP contribution in [0.25, 0.3) is 11.4 Å². The minimum absolute atomic E-state index is 0.150. The zero-order chi connectivity index (χ0) is 21.1. The minimum atomic E-state index is -0.823. The van der Waals surface area contributed by atoms with Crippen LogP contribution < -0.4 is 10.9 Å². The fraction of sp³-hybridized carbons (Fsp3) is 0.333. The van der Waals surface area contributed by atoms with Crippen LogP contribution in [0.4, 0.5) is 0 Å². The van der Waals surface area contributed by atoms with Crippen molar-refractivity contribution in [1.82, 2.24) is 29.8 Å². The van der Waals surface area contributed by atoms with E-state index in [9.17, 15) is 9.59 Å². The molecular formula is C21H21ClN6O2.